The number of rotatable bonds is 11. The van der Waals surface area contributed by atoms with Gasteiger partial charge in [-0.2, -0.15) is 0 Å². The third kappa shape index (κ3) is 7.76. The first-order chi connectivity index (χ1) is 13.8. The normalized spacial score (nSPS) is 11.3. The Bertz CT molecular complexity index is 896. The highest BCUT2D eigenvalue weighted by Crippen LogP contribution is 2.14. The van der Waals surface area contributed by atoms with Gasteiger partial charge in [0.25, 0.3) is 0 Å². The van der Waals surface area contributed by atoms with Gasteiger partial charge in [-0.1, -0.05) is 0 Å². The van der Waals surface area contributed by atoms with Crippen LogP contribution in [0.1, 0.15) is 24.2 Å². The zero-order valence-electron chi connectivity index (χ0n) is 16.9. The van der Waals surface area contributed by atoms with Crippen LogP contribution in [0.15, 0.2) is 35.2 Å². The highest BCUT2D eigenvalue weighted by Gasteiger charge is 2.13. The first-order valence-corrected chi connectivity index (χ1v) is 10.7. The zero-order valence-corrected chi connectivity index (χ0v) is 17.7. The largest absolute Gasteiger partial charge is 0.383 e. The van der Waals surface area contributed by atoms with Gasteiger partial charge < -0.3 is 15.4 Å². The van der Waals surface area contributed by atoms with Crippen LogP contribution in [0.5, 0.6) is 0 Å². The molecule has 0 bridgehead atoms. The molecule has 1 amide bonds. The molecule has 0 fully saturated rings. The number of hydrogen-bond donors (Lipinski definition) is 3. The number of hydrogen-bond acceptors (Lipinski definition) is 7. The number of carbonyl (C=O) groups excluding carboxylic acids is 1. The van der Waals surface area contributed by atoms with E-state index in [-0.39, 0.29) is 24.0 Å². The molecule has 29 heavy (non-hydrogen) atoms. The third-order valence-electron chi connectivity index (χ3n) is 3.89. The quantitative estimate of drug-likeness (QED) is 0.473. The molecular formula is C19H27N5O4S. The maximum absolute atomic E-state index is 12.1. The van der Waals surface area contributed by atoms with Crippen molar-refractivity contribution in [2.75, 3.05) is 37.4 Å². The number of benzene rings is 1. The van der Waals surface area contributed by atoms with E-state index < -0.39 is 10.0 Å². The highest BCUT2D eigenvalue weighted by atomic mass is 32.2. The van der Waals surface area contributed by atoms with E-state index in [0.717, 1.165) is 11.4 Å². The van der Waals surface area contributed by atoms with Crippen molar-refractivity contribution in [1.29, 1.82) is 0 Å². The number of aryl methyl sites for hydroxylation is 2. The lowest BCUT2D eigenvalue weighted by Gasteiger charge is -2.09. The number of anilines is 2. The van der Waals surface area contributed by atoms with Crippen molar-refractivity contribution in [2.24, 2.45) is 0 Å². The second-order valence-corrected chi connectivity index (χ2v) is 8.23. The van der Waals surface area contributed by atoms with Crippen LogP contribution in [0.4, 0.5) is 11.6 Å². The fourth-order valence-electron chi connectivity index (χ4n) is 2.56. The van der Waals surface area contributed by atoms with E-state index in [0.29, 0.717) is 31.0 Å². The molecular weight excluding hydrogens is 394 g/mol. The Morgan fingerprint density at radius 3 is 2.34 bits per heavy atom. The maximum atomic E-state index is 12.1. The molecule has 0 saturated heterocycles. The molecule has 1 heterocycles. The van der Waals surface area contributed by atoms with Gasteiger partial charge in [0, 0.05) is 43.7 Å². The summed E-state index contributed by atoms with van der Waals surface area (Å²) in [6, 6.07) is 7.91. The Hall–Kier alpha value is -2.56. The van der Waals surface area contributed by atoms with Gasteiger partial charge >= 0.3 is 0 Å². The van der Waals surface area contributed by atoms with E-state index in [1.165, 1.54) is 19.2 Å². The van der Waals surface area contributed by atoms with Crippen molar-refractivity contribution in [2.45, 2.75) is 31.6 Å². The average Bonchev–Trinajstić information content (AvgIpc) is 2.65. The SMILES string of the molecule is COCCNS(=O)(=O)c1ccc(NC(=O)CCCNc2nc(C)cc(C)n2)cc1. The molecule has 158 valence electrons. The molecule has 0 radical (unpaired) electrons. The van der Waals surface area contributed by atoms with Crippen LogP contribution >= 0.6 is 0 Å². The van der Waals surface area contributed by atoms with Gasteiger partial charge in [-0.25, -0.2) is 23.1 Å². The predicted octanol–water partition coefficient (Wildman–Crippen LogP) is 1.85. The molecule has 0 atom stereocenters. The highest BCUT2D eigenvalue weighted by molar-refractivity contribution is 7.89. The van der Waals surface area contributed by atoms with Gasteiger partial charge in [-0.3, -0.25) is 4.79 Å². The van der Waals surface area contributed by atoms with Crippen LogP contribution in [-0.4, -0.2) is 51.1 Å². The van der Waals surface area contributed by atoms with Crippen LogP contribution < -0.4 is 15.4 Å². The molecule has 0 unspecified atom stereocenters. The molecule has 0 aliphatic rings. The summed E-state index contributed by atoms with van der Waals surface area (Å²) in [6.45, 7) is 4.86. The third-order valence-corrected chi connectivity index (χ3v) is 5.37. The Labute approximate surface area is 171 Å². The fraction of sp³-hybridized carbons (Fsp3) is 0.421. The summed E-state index contributed by atoms with van der Waals surface area (Å²) in [5.41, 5.74) is 2.31. The smallest absolute Gasteiger partial charge is 0.240 e. The first-order valence-electron chi connectivity index (χ1n) is 9.25. The van der Waals surface area contributed by atoms with E-state index >= 15 is 0 Å². The van der Waals surface area contributed by atoms with Crippen molar-refractivity contribution in [3.63, 3.8) is 0 Å². The number of methoxy groups -OCH3 is 1. The molecule has 1 aromatic heterocycles. The van der Waals surface area contributed by atoms with Gasteiger partial charge in [-0.05, 0) is 50.6 Å². The second kappa shape index (κ2) is 10.8. The van der Waals surface area contributed by atoms with Gasteiger partial charge in [0.1, 0.15) is 0 Å². The monoisotopic (exact) mass is 421 g/mol. The van der Waals surface area contributed by atoms with Crippen molar-refractivity contribution < 1.29 is 17.9 Å². The number of nitrogens with zero attached hydrogens (tertiary/aromatic N) is 2. The van der Waals surface area contributed by atoms with Crippen LogP contribution in [-0.2, 0) is 19.6 Å². The molecule has 2 rings (SSSR count). The van der Waals surface area contributed by atoms with E-state index in [4.69, 9.17) is 4.74 Å². The summed E-state index contributed by atoms with van der Waals surface area (Å²) in [7, 11) is -2.09. The van der Waals surface area contributed by atoms with Crippen molar-refractivity contribution in [3.8, 4) is 0 Å². The molecule has 0 saturated carbocycles. The summed E-state index contributed by atoms with van der Waals surface area (Å²) in [5, 5.41) is 5.86. The van der Waals surface area contributed by atoms with Crippen LogP contribution in [0.3, 0.4) is 0 Å². The number of sulfonamides is 1. The van der Waals surface area contributed by atoms with Crippen molar-refractivity contribution in [1.82, 2.24) is 14.7 Å². The summed E-state index contributed by atoms with van der Waals surface area (Å²) in [4.78, 5) is 20.8. The lowest BCUT2D eigenvalue weighted by Crippen LogP contribution is -2.27. The van der Waals surface area contributed by atoms with Gasteiger partial charge in [0.2, 0.25) is 21.9 Å². The van der Waals surface area contributed by atoms with Gasteiger partial charge in [0.05, 0.1) is 11.5 Å². The summed E-state index contributed by atoms with van der Waals surface area (Å²) in [6.07, 6.45) is 0.925. The molecule has 2 aromatic rings. The number of ether oxygens (including phenoxy) is 1. The van der Waals surface area contributed by atoms with E-state index in [9.17, 15) is 13.2 Å². The number of aromatic nitrogens is 2. The minimum atomic E-state index is -3.59. The fourth-order valence-corrected chi connectivity index (χ4v) is 3.57. The Kier molecular flexibility index (Phi) is 8.50. The molecule has 0 spiro atoms. The molecule has 10 heteroatoms. The summed E-state index contributed by atoms with van der Waals surface area (Å²) >= 11 is 0. The van der Waals surface area contributed by atoms with E-state index in [1.54, 1.807) is 12.1 Å². The van der Waals surface area contributed by atoms with Gasteiger partial charge in [0.15, 0.2) is 0 Å². The Morgan fingerprint density at radius 1 is 1.07 bits per heavy atom. The molecule has 9 nitrogen and oxygen atoms in total. The summed E-state index contributed by atoms with van der Waals surface area (Å²) < 4.78 is 31.5. The number of carbonyl (C=O) groups is 1. The summed E-state index contributed by atoms with van der Waals surface area (Å²) in [5.74, 6) is 0.404. The number of amides is 1. The maximum Gasteiger partial charge on any atom is 0.240 e. The minimum absolute atomic E-state index is 0.129. The Balaban J connectivity index is 1.77. The molecule has 3 N–H and O–H groups in total. The van der Waals surface area contributed by atoms with Gasteiger partial charge in [-0.15, -0.1) is 0 Å². The topological polar surface area (TPSA) is 122 Å². The Morgan fingerprint density at radius 2 is 1.72 bits per heavy atom. The standard InChI is InChI=1S/C19H27N5O4S/c1-14-13-15(2)23-19(22-14)20-10-4-5-18(25)24-16-6-8-17(9-7-16)29(26,27)21-11-12-28-3/h6-9,13,21H,4-5,10-12H2,1-3H3,(H,24,25)(H,20,22,23). The molecule has 0 aliphatic heterocycles. The zero-order chi connectivity index (χ0) is 21.3. The van der Waals surface area contributed by atoms with Crippen LogP contribution in [0, 0.1) is 13.8 Å². The van der Waals surface area contributed by atoms with Crippen LogP contribution in [0.2, 0.25) is 0 Å². The number of nitrogens with one attached hydrogen (secondary N) is 3. The van der Waals surface area contributed by atoms with E-state index in [2.05, 4.69) is 25.3 Å². The lowest BCUT2D eigenvalue weighted by atomic mass is 10.2. The molecule has 1 aromatic carbocycles. The van der Waals surface area contributed by atoms with Crippen molar-refractivity contribution >= 4 is 27.6 Å². The molecule has 0 aliphatic carbocycles. The second-order valence-electron chi connectivity index (χ2n) is 6.47. The van der Waals surface area contributed by atoms with Crippen molar-refractivity contribution in [3.05, 3.63) is 41.7 Å². The lowest BCUT2D eigenvalue weighted by molar-refractivity contribution is -0.116. The minimum Gasteiger partial charge on any atom is -0.383 e. The predicted molar refractivity (Wildman–Crippen MR) is 111 cm³/mol. The average molecular weight is 422 g/mol. The first kappa shape index (κ1) is 22.7. The van der Waals surface area contributed by atoms with E-state index in [1.807, 2.05) is 19.9 Å². The van der Waals surface area contributed by atoms with Crippen LogP contribution in [0.25, 0.3) is 0 Å².